The Hall–Kier alpha value is -2.24. The second-order valence-electron chi connectivity index (χ2n) is 6.93. The molecule has 0 aromatic heterocycles. The second-order valence-corrected chi connectivity index (χ2v) is 6.93. The van der Waals surface area contributed by atoms with E-state index in [9.17, 15) is 14.3 Å². The van der Waals surface area contributed by atoms with Crippen LogP contribution in [0.5, 0.6) is 0 Å². The Morgan fingerprint density at radius 1 is 1.16 bits per heavy atom. The summed E-state index contributed by atoms with van der Waals surface area (Å²) in [7, 11) is 0. The van der Waals surface area contributed by atoms with Gasteiger partial charge in [0.2, 0.25) is 0 Å². The van der Waals surface area contributed by atoms with Crippen LogP contribution in [0, 0.1) is 11.2 Å². The number of aromatic carboxylic acids is 1. The van der Waals surface area contributed by atoms with Crippen LogP contribution >= 0.6 is 0 Å². The molecule has 132 valence electrons. The van der Waals surface area contributed by atoms with E-state index in [1.807, 2.05) is 6.07 Å². The van der Waals surface area contributed by atoms with Crippen LogP contribution in [0.2, 0.25) is 0 Å². The number of hydrogen-bond donors (Lipinski definition) is 2. The highest BCUT2D eigenvalue weighted by Crippen LogP contribution is 2.34. The molecule has 4 nitrogen and oxygen atoms in total. The van der Waals surface area contributed by atoms with Gasteiger partial charge in [-0.3, -0.25) is 4.90 Å². The van der Waals surface area contributed by atoms with Gasteiger partial charge in [0.1, 0.15) is 5.82 Å². The van der Waals surface area contributed by atoms with Gasteiger partial charge in [-0.1, -0.05) is 24.3 Å². The van der Waals surface area contributed by atoms with Gasteiger partial charge in [-0.15, -0.1) is 0 Å². The number of carboxylic acid groups (broad SMARTS) is 1. The molecule has 1 fully saturated rings. The largest absolute Gasteiger partial charge is 0.478 e. The summed E-state index contributed by atoms with van der Waals surface area (Å²) in [5, 5.41) is 19.1. The molecule has 0 amide bonds. The summed E-state index contributed by atoms with van der Waals surface area (Å²) >= 11 is 0. The van der Waals surface area contributed by atoms with E-state index in [0.717, 1.165) is 30.6 Å². The van der Waals surface area contributed by atoms with Crippen molar-refractivity contribution in [1.29, 1.82) is 0 Å². The number of hydrogen-bond acceptors (Lipinski definition) is 3. The van der Waals surface area contributed by atoms with Crippen LogP contribution in [-0.4, -0.2) is 40.8 Å². The molecule has 1 heterocycles. The molecule has 1 atom stereocenters. The van der Waals surface area contributed by atoms with Crippen LogP contribution in [-0.2, 0) is 13.0 Å². The summed E-state index contributed by atoms with van der Waals surface area (Å²) in [5.41, 5.74) is 2.03. The number of rotatable bonds is 6. The Morgan fingerprint density at radius 2 is 1.92 bits per heavy atom. The lowest BCUT2D eigenvalue weighted by Crippen LogP contribution is -2.32. The van der Waals surface area contributed by atoms with Gasteiger partial charge in [-0.05, 0) is 54.8 Å². The monoisotopic (exact) mass is 343 g/mol. The molecular weight excluding hydrogens is 321 g/mol. The minimum absolute atomic E-state index is 0.0794. The van der Waals surface area contributed by atoms with Crippen molar-refractivity contribution in [3.8, 4) is 0 Å². The fraction of sp³-hybridized carbons (Fsp3) is 0.350. The van der Waals surface area contributed by atoms with Crippen LogP contribution < -0.4 is 0 Å². The van der Waals surface area contributed by atoms with Gasteiger partial charge in [0.05, 0.1) is 12.2 Å². The van der Waals surface area contributed by atoms with Crippen LogP contribution in [0.15, 0.2) is 48.5 Å². The third kappa shape index (κ3) is 4.24. The van der Waals surface area contributed by atoms with Crippen molar-refractivity contribution in [1.82, 2.24) is 4.90 Å². The van der Waals surface area contributed by atoms with Crippen molar-refractivity contribution < 1.29 is 19.4 Å². The fourth-order valence-electron chi connectivity index (χ4n) is 3.59. The highest BCUT2D eigenvalue weighted by atomic mass is 19.1. The van der Waals surface area contributed by atoms with E-state index in [-0.39, 0.29) is 23.4 Å². The Bertz CT molecular complexity index is 747. The molecular formula is C20H22FNO3. The first kappa shape index (κ1) is 17.6. The van der Waals surface area contributed by atoms with Crippen molar-refractivity contribution in [2.75, 3.05) is 19.7 Å². The summed E-state index contributed by atoms with van der Waals surface area (Å²) in [5.74, 6) is -1.18. The maximum atomic E-state index is 13.1. The smallest absolute Gasteiger partial charge is 0.335 e. The first-order valence-electron chi connectivity index (χ1n) is 8.40. The molecule has 25 heavy (non-hydrogen) atoms. The molecule has 1 aliphatic heterocycles. The summed E-state index contributed by atoms with van der Waals surface area (Å²) in [6.45, 7) is 2.32. The van der Waals surface area contributed by atoms with Crippen molar-refractivity contribution in [2.45, 2.75) is 19.4 Å². The lowest BCUT2D eigenvalue weighted by molar-refractivity contribution is 0.0696. The number of benzene rings is 2. The zero-order chi connectivity index (χ0) is 17.9. The zero-order valence-corrected chi connectivity index (χ0v) is 14.0. The predicted molar refractivity (Wildman–Crippen MR) is 92.9 cm³/mol. The van der Waals surface area contributed by atoms with Crippen LogP contribution in [0.3, 0.4) is 0 Å². The minimum Gasteiger partial charge on any atom is -0.478 e. The van der Waals surface area contributed by atoms with Gasteiger partial charge in [0.15, 0.2) is 0 Å². The van der Waals surface area contributed by atoms with Crippen LogP contribution in [0.1, 0.15) is 27.9 Å². The number of aliphatic hydroxyl groups is 1. The fourth-order valence-corrected chi connectivity index (χ4v) is 3.59. The van der Waals surface area contributed by atoms with Gasteiger partial charge < -0.3 is 10.2 Å². The standard InChI is InChI=1S/C20H22FNO3/c21-18-6-4-15(5-7-18)11-20(14-23)8-9-22(13-20)12-16-2-1-3-17(10-16)19(24)25/h1-7,10,23H,8-9,11-14H2,(H,24,25). The number of halogens is 1. The molecule has 1 aliphatic rings. The molecule has 1 unspecified atom stereocenters. The summed E-state index contributed by atoms with van der Waals surface area (Å²) in [6, 6.07) is 13.4. The summed E-state index contributed by atoms with van der Waals surface area (Å²) in [6.07, 6.45) is 1.56. The maximum absolute atomic E-state index is 13.1. The van der Waals surface area contributed by atoms with Crippen molar-refractivity contribution in [3.05, 3.63) is 71.0 Å². The molecule has 2 aromatic rings. The van der Waals surface area contributed by atoms with Gasteiger partial charge in [-0.25, -0.2) is 9.18 Å². The molecule has 2 N–H and O–H groups in total. The first-order valence-corrected chi connectivity index (χ1v) is 8.40. The quantitative estimate of drug-likeness (QED) is 0.847. The maximum Gasteiger partial charge on any atom is 0.335 e. The molecule has 0 spiro atoms. The molecule has 0 aliphatic carbocycles. The first-order chi connectivity index (χ1) is 12.0. The van der Waals surface area contributed by atoms with E-state index in [2.05, 4.69) is 4.90 Å². The minimum atomic E-state index is -0.927. The molecule has 0 saturated carbocycles. The average Bonchev–Trinajstić information content (AvgIpc) is 3.00. The number of aliphatic hydroxyl groups excluding tert-OH is 1. The van der Waals surface area contributed by atoms with Gasteiger partial charge >= 0.3 is 5.97 Å². The molecule has 1 saturated heterocycles. The van der Waals surface area contributed by atoms with E-state index in [1.54, 1.807) is 30.3 Å². The van der Waals surface area contributed by atoms with Crippen molar-refractivity contribution >= 4 is 5.97 Å². The highest BCUT2D eigenvalue weighted by molar-refractivity contribution is 5.87. The molecule has 2 aromatic carbocycles. The Morgan fingerprint density at radius 3 is 2.60 bits per heavy atom. The number of carbonyl (C=O) groups is 1. The van der Waals surface area contributed by atoms with E-state index >= 15 is 0 Å². The lowest BCUT2D eigenvalue weighted by atomic mass is 9.81. The molecule has 5 heteroatoms. The average molecular weight is 343 g/mol. The van der Waals surface area contributed by atoms with E-state index in [4.69, 9.17) is 5.11 Å². The van der Waals surface area contributed by atoms with E-state index in [0.29, 0.717) is 13.0 Å². The Labute approximate surface area is 146 Å². The highest BCUT2D eigenvalue weighted by Gasteiger charge is 2.37. The van der Waals surface area contributed by atoms with Crippen LogP contribution in [0.4, 0.5) is 4.39 Å². The summed E-state index contributed by atoms with van der Waals surface area (Å²) in [4.78, 5) is 13.3. The number of nitrogens with zero attached hydrogens (tertiary/aromatic N) is 1. The Kier molecular flexibility index (Phi) is 5.16. The lowest BCUT2D eigenvalue weighted by Gasteiger charge is -2.27. The number of carboxylic acids is 1. The zero-order valence-electron chi connectivity index (χ0n) is 14.0. The second kappa shape index (κ2) is 7.33. The van der Waals surface area contributed by atoms with E-state index < -0.39 is 5.97 Å². The molecule has 0 radical (unpaired) electrons. The topological polar surface area (TPSA) is 60.8 Å². The van der Waals surface area contributed by atoms with Gasteiger partial charge in [-0.2, -0.15) is 0 Å². The Balaban J connectivity index is 1.67. The molecule has 0 bridgehead atoms. The van der Waals surface area contributed by atoms with Gasteiger partial charge in [0.25, 0.3) is 0 Å². The third-order valence-corrected chi connectivity index (χ3v) is 4.93. The number of likely N-dealkylation sites (tertiary alicyclic amines) is 1. The van der Waals surface area contributed by atoms with Gasteiger partial charge in [0, 0.05) is 18.5 Å². The third-order valence-electron chi connectivity index (χ3n) is 4.93. The molecule has 3 rings (SSSR count). The summed E-state index contributed by atoms with van der Waals surface area (Å²) < 4.78 is 13.1. The van der Waals surface area contributed by atoms with Crippen molar-refractivity contribution in [2.24, 2.45) is 5.41 Å². The predicted octanol–water partition coefficient (Wildman–Crippen LogP) is 2.95. The van der Waals surface area contributed by atoms with E-state index in [1.165, 1.54) is 12.1 Å². The van der Waals surface area contributed by atoms with Crippen molar-refractivity contribution in [3.63, 3.8) is 0 Å². The SMILES string of the molecule is O=C(O)c1cccc(CN2CCC(CO)(Cc3ccc(F)cc3)C2)c1. The van der Waals surface area contributed by atoms with Crippen LogP contribution in [0.25, 0.3) is 0 Å². The normalized spacial score (nSPS) is 20.7.